The molecule has 1 heterocycles. The molecule has 0 bridgehead atoms. The Hall–Kier alpha value is -1.60. The third-order valence-electron chi connectivity index (χ3n) is 3.18. The minimum Gasteiger partial charge on any atom is -0.383 e. The van der Waals surface area contributed by atoms with E-state index in [0.29, 0.717) is 5.56 Å². The van der Waals surface area contributed by atoms with Crippen LogP contribution in [0.5, 0.6) is 0 Å². The maximum atomic E-state index is 9.25. The standard InChI is InChI=1S/C15H16BrN3/c1-4-5-18-15-11(7-17)8-19-12-6-9(2)14(16)10(3)13(12)15/h6,8H,4-5H2,1-3H3,(H,18,19). The number of anilines is 1. The Bertz CT molecular complexity index is 671. The van der Waals surface area contributed by atoms with Gasteiger partial charge in [0.1, 0.15) is 6.07 Å². The summed E-state index contributed by atoms with van der Waals surface area (Å²) in [5.74, 6) is 0. The van der Waals surface area contributed by atoms with Gasteiger partial charge in [-0.15, -0.1) is 0 Å². The van der Waals surface area contributed by atoms with Gasteiger partial charge in [-0.25, -0.2) is 0 Å². The number of aromatic nitrogens is 1. The van der Waals surface area contributed by atoms with E-state index in [2.05, 4.69) is 53.1 Å². The summed E-state index contributed by atoms with van der Waals surface area (Å²) in [6, 6.07) is 4.26. The third kappa shape index (κ3) is 2.43. The van der Waals surface area contributed by atoms with Gasteiger partial charge in [0.25, 0.3) is 0 Å². The van der Waals surface area contributed by atoms with Crippen LogP contribution in [0.4, 0.5) is 5.69 Å². The molecule has 0 saturated carbocycles. The van der Waals surface area contributed by atoms with E-state index in [1.807, 2.05) is 6.07 Å². The van der Waals surface area contributed by atoms with Crippen LogP contribution in [0.25, 0.3) is 10.9 Å². The van der Waals surface area contributed by atoms with E-state index in [0.717, 1.165) is 45.2 Å². The Morgan fingerprint density at radius 1 is 1.42 bits per heavy atom. The van der Waals surface area contributed by atoms with Crippen molar-refractivity contribution in [1.29, 1.82) is 5.26 Å². The molecule has 0 amide bonds. The number of nitrogens with zero attached hydrogens (tertiary/aromatic N) is 2. The van der Waals surface area contributed by atoms with Gasteiger partial charge in [0, 0.05) is 22.6 Å². The van der Waals surface area contributed by atoms with Gasteiger partial charge in [0.05, 0.1) is 16.8 Å². The first kappa shape index (κ1) is 13.8. The SMILES string of the molecule is CCCNc1c(C#N)cnc2cc(C)c(Br)c(C)c12. The summed E-state index contributed by atoms with van der Waals surface area (Å²) in [7, 11) is 0. The number of benzene rings is 1. The highest BCUT2D eigenvalue weighted by Gasteiger charge is 2.13. The molecule has 4 heteroatoms. The first-order valence-electron chi connectivity index (χ1n) is 6.32. The molecule has 0 saturated heterocycles. The lowest BCUT2D eigenvalue weighted by molar-refractivity contribution is 0.980. The molecule has 1 N–H and O–H groups in total. The van der Waals surface area contributed by atoms with Crippen molar-refractivity contribution in [3.05, 3.63) is 33.4 Å². The monoisotopic (exact) mass is 317 g/mol. The van der Waals surface area contributed by atoms with Gasteiger partial charge in [-0.1, -0.05) is 22.9 Å². The van der Waals surface area contributed by atoms with Crippen molar-refractivity contribution in [2.75, 3.05) is 11.9 Å². The Morgan fingerprint density at radius 3 is 2.79 bits per heavy atom. The molecular weight excluding hydrogens is 302 g/mol. The first-order valence-corrected chi connectivity index (χ1v) is 7.11. The lowest BCUT2D eigenvalue weighted by atomic mass is 10.0. The van der Waals surface area contributed by atoms with Crippen molar-refractivity contribution in [3.63, 3.8) is 0 Å². The van der Waals surface area contributed by atoms with E-state index >= 15 is 0 Å². The molecule has 3 nitrogen and oxygen atoms in total. The fraction of sp³-hybridized carbons (Fsp3) is 0.333. The topological polar surface area (TPSA) is 48.7 Å². The van der Waals surface area contributed by atoms with Gasteiger partial charge >= 0.3 is 0 Å². The minimum absolute atomic E-state index is 0.597. The Labute approximate surface area is 121 Å². The molecule has 2 rings (SSSR count). The van der Waals surface area contributed by atoms with Crippen LogP contribution in [-0.4, -0.2) is 11.5 Å². The number of nitriles is 1. The van der Waals surface area contributed by atoms with E-state index < -0.39 is 0 Å². The minimum atomic E-state index is 0.597. The van der Waals surface area contributed by atoms with Crippen molar-refractivity contribution in [2.45, 2.75) is 27.2 Å². The summed E-state index contributed by atoms with van der Waals surface area (Å²) < 4.78 is 1.08. The molecular formula is C15H16BrN3. The van der Waals surface area contributed by atoms with E-state index in [4.69, 9.17) is 0 Å². The van der Waals surface area contributed by atoms with Crippen molar-refractivity contribution >= 4 is 32.5 Å². The molecule has 0 aliphatic heterocycles. The number of nitrogens with one attached hydrogen (secondary N) is 1. The number of halogens is 1. The molecule has 1 aromatic carbocycles. The Balaban J connectivity index is 2.80. The molecule has 98 valence electrons. The lowest BCUT2D eigenvalue weighted by Gasteiger charge is -2.14. The van der Waals surface area contributed by atoms with Crippen LogP contribution >= 0.6 is 15.9 Å². The number of aryl methyl sites for hydroxylation is 2. The molecule has 0 aliphatic carbocycles. The average Bonchev–Trinajstić information content (AvgIpc) is 2.42. The summed E-state index contributed by atoms with van der Waals surface area (Å²) in [6.07, 6.45) is 2.66. The van der Waals surface area contributed by atoms with E-state index in [-0.39, 0.29) is 0 Å². The third-order valence-corrected chi connectivity index (χ3v) is 4.40. The summed E-state index contributed by atoms with van der Waals surface area (Å²) in [4.78, 5) is 4.40. The number of pyridine rings is 1. The van der Waals surface area contributed by atoms with Gasteiger partial charge in [-0.2, -0.15) is 5.26 Å². The highest BCUT2D eigenvalue weighted by Crippen LogP contribution is 2.34. The van der Waals surface area contributed by atoms with Crippen molar-refractivity contribution < 1.29 is 0 Å². The first-order chi connectivity index (χ1) is 9.10. The normalized spacial score (nSPS) is 10.5. The van der Waals surface area contributed by atoms with Crippen LogP contribution in [0.2, 0.25) is 0 Å². The van der Waals surface area contributed by atoms with Crippen LogP contribution < -0.4 is 5.32 Å². The Morgan fingerprint density at radius 2 is 2.16 bits per heavy atom. The fourth-order valence-electron chi connectivity index (χ4n) is 2.21. The summed E-state index contributed by atoms with van der Waals surface area (Å²) in [5, 5.41) is 13.6. The predicted octanol–water partition coefficient (Wildman–Crippen LogP) is 4.31. The highest BCUT2D eigenvalue weighted by molar-refractivity contribution is 9.10. The molecule has 0 spiro atoms. The van der Waals surface area contributed by atoms with Crippen LogP contribution in [0, 0.1) is 25.2 Å². The summed E-state index contributed by atoms with van der Waals surface area (Å²) in [6.45, 7) is 7.06. The van der Waals surface area contributed by atoms with E-state index in [1.54, 1.807) is 6.20 Å². The highest BCUT2D eigenvalue weighted by atomic mass is 79.9. The van der Waals surface area contributed by atoms with Gasteiger partial charge in [-0.05, 0) is 37.5 Å². The van der Waals surface area contributed by atoms with Gasteiger partial charge in [0.15, 0.2) is 0 Å². The molecule has 19 heavy (non-hydrogen) atoms. The molecule has 0 unspecified atom stereocenters. The van der Waals surface area contributed by atoms with Crippen molar-refractivity contribution in [3.8, 4) is 6.07 Å². The van der Waals surface area contributed by atoms with E-state index in [9.17, 15) is 5.26 Å². The zero-order valence-corrected chi connectivity index (χ0v) is 12.9. The summed E-state index contributed by atoms with van der Waals surface area (Å²) >= 11 is 3.61. The van der Waals surface area contributed by atoms with Gasteiger partial charge in [0.2, 0.25) is 0 Å². The van der Waals surface area contributed by atoms with Crippen LogP contribution in [0.15, 0.2) is 16.7 Å². The number of hydrogen-bond donors (Lipinski definition) is 1. The Kier molecular flexibility index (Phi) is 4.06. The average molecular weight is 318 g/mol. The lowest BCUT2D eigenvalue weighted by Crippen LogP contribution is -2.04. The second kappa shape index (κ2) is 5.58. The molecule has 0 radical (unpaired) electrons. The zero-order valence-electron chi connectivity index (χ0n) is 11.3. The molecule has 0 fully saturated rings. The van der Waals surface area contributed by atoms with Crippen molar-refractivity contribution in [1.82, 2.24) is 4.98 Å². The molecule has 1 aromatic heterocycles. The largest absolute Gasteiger partial charge is 0.383 e. The second-order valence-corrected chi connectivity index (χ2v) is 5.41. The van der Waals surface area contributed by atoms with Crippen LogP contribution in [0.1, 0.15) is 30.0 Å². The van der Waals surface area contributed by atoms with Crippen LogP contribution in [-0.2, 0) is 0 Å². The molecule has 2 aromatic rings. The maximum Gasteiger partial charge on any atom is 0.103 e. The fourth-order valence-corrected chi connectivity index (χ4v) is 2.52. The summed E-state index contributed by atoms with van der Waals surface area (Å²) in [5.41, 5.74) is 4.70. The number of fused-ring (bicyclic) bond motifs is 1. The zero-order chi connectivity index (χ0) is 14.0. The maximum absolute atomic E-state index is 9.25. The molecule has 0 atom stereocenters. The predicted molar refractivity (Wildman–Crippen MR) is 82.4 cm³/mol. The number of hydrogen-bond acceptors (Lipinski definition) is 3. The van der Waals surface area contributed by atoms with Gasteiger partial charge in [-0.3, -0.25) is 4.98 Å². The van der Waals surface area contributed by atoms with Crippen LogP contribution in [0.3, 0.4) is 0 Å². The quantitative estimate of drug-likeness (QED) is 0.917. The molecule has 0 aliphatic rings. The van der Waals surface area contributed by atoms with E-state index in [1.165, 1.54) is 0 Å². The van der Waals surface area contributed by atoms with Crippen molar-refractivity contribution in [2.24, 2.45) is 0 Å². The smallest absolute Gasteiger partial charge is 0.103 e. The van der Waals surface area contributed by atoms with Gasteiger partial charge < -0.3 is 5.32 Å². The number of rotatable bonds is 3. The second-order valence-electron chi connectivity index (χ2n) is 4.61.